The van der Waals surface area contributed by atoms with E-state index in [1.54, 1.807) is 0 Å². The molecule has 0 spiro atoms. The standard InChI is InChI=1S/C19H29NO3/c1-12(2)7-14-11-20-6-5-13-8-18(22-3)19(23-4)9-15(13)16(20)10-17(14)21/h8-9,12,14,16-17,21H,5-7,10-11H2,1-4H3/i1D3,4D3,7D2,8D,9D,11D2,12D,16D. The monoisotopic (exact) mass is 333 g/mol. The topological polar surface area (TPSA) is 41.9 Å². The van der Waals surface area contributed by atoms with Crippen LogP contribution in [0.2, 0.25) is 0 Å². The molecule has 1 aromatic rings. The Labute approximate surface area is 159 Å². The lowest BCUT2D eigenvalue weighted by atomic mass is 9.79. The van der Waals surface area contributed by atoms with Crippen LogP contribution in [0.3, 0.4) is 0 Å². The Hall–Kier alpha value is -1.26. The lowest BCUT2D eigenvalue weighted by Crippen LogP contribution is -2.48. The first kappa shape index (κ1) is 6.57. The van der Waals surface area contributed by atoms with E-state index < -0.39 is 68.9 Å². The van der Waals surface area contributed by atoms with Crippen LogP contribution in [-0.4, -0.2) is 43.3 Å². The number of piperidine rings is 1. The van der Waals surface area contributed by atoms with Gasteiger partial charge in [0.05, 0.1) is 28.5 Å². The fraction of sp³-hybridized carbons (Fsp3) is 0.684. The van der Waals surface area contributed by atoms with Crippen LogP contribution in [0, 0.1) is 11.8 Å². The number of ether oxygens (including phenoxy) is 2. The molecular formula is C19H29NO3. The first-order valence-electron chi connectivity index (χ1n) is 14.3. The Morgan fingerprint density at radius 2 is 2.43 bits per heavy atom. The Balaban J connectivity index is 2.25. The lowest BCUT2D eigenvalue weighted by Gasteiger charge is -2.46. The number of rotatable bonds is 4. The molecule has 128 valence electrons. The van der Waals surface area contributed by atoms with Crippen molar-refractivity contribution < 1.29 is 33.8 Å². The van der Waals surface area contributed by atoms with Gasteiger partial charge in [-0.1, -0.05) is 13.8 Å². The van der Waals surface area contributed by atoms with Gasteiger partial charge in [-0.25, -0.2) is 0 Å². The van der Waals surface area contributed by atoms with E-state index in [1.165, 1.54) is 0 Å². The minimum atomic E-state index is -3.18. The molecule has 1 aromatic carbocycles. The number of hydrogen-bond acceptors (Lipinski definition) is 4. The fourth-order valence-electron chi connectivity index (χ4n) is 2.93. The molecule has 4 nitrogen and oxygen atoms in total. The Morgan fingerprint density at radius 3 is 3.17 bits per heavy atom. The molecule has 1 saturated heterocycles. The van der Waals surface area contributed by atoms with Crippen molar-refractivity contribution in [1.29, 1.82) is 0 Å². The average molecular weight is 334 g/mol. The van der Waals surface area contributed by atoms with Gasteiger partial charge in [0.25, 0.3) is 0 Å². The summed E-state index contributed by atoms with van der Waals surface area (Å²) in [4.78, 5) is 0.871. The van der Waals surface area contributed by atoms with Crippen molar-refractivity contribution in [2.45, 2.75) is 45.1 Å². The summed E-state index contributed by atoms with van der Waals surface area (Å²) in [6, 6.07) is -3.31. The van der Waals surface area contributed by atoms with Crippen LogP contribution in [-0.2, 0) is 6.42 Å². The van der Waals surface area contributed by atoms with Crippen molar-refractivity contribution in [2.75, 3.05) is 27.2 Å². The van der Waals surface area contributed by atoms with Gasteiger partial charge in [0.15, 0.2) is 11.5 Å². The maximum absolute atomic E-state index is 11.1. The summed E-state index contributed by atoms with van der Waals surface area (Å²) in [6.45, 7) is -5.55. The first-order chi connectivity index (χ1) is 16.5. The zero-order valence-corrected chi connectivity index (χ0v) is 13.0. The van der Waals surface area contributed by atoms with Gasteiger partial charge in [-0.15, -0.1) is 0 Å². The Kier molecular flexibility index (Phi) is 1.91. The van der Waals surface area contributed by atoms with E-state index in [-0.39, 0.29) is 35.9 Å². The molecule has 3 rings (SSSR count). The van der Waals surface area contributed by atoms with E-state index in [0.29, 0.717) is 0 Å². The van der Waals surface area contributed by atoms with Crippen LogP contribution in [0.15, 0.2) is 12.1 Å². The van der Waals surface area contributed by atoms with Gasteiger partial charge in [0, 0.05) is 30.0 Å². The molecule has 0 radical (unpaired) electrons. The van der Waals surface area contributed by atoms with Gasteiger partial charge in [-0.3, -0.25) is 4.90 Å². The molecule has 4 unspecified atom stereocenters. The smallest absolute Gasteiger partial charge is 0.161 e. The van der Waals surface area contributed by atoms with E-state index in [9.17, 15) is 6.48 Å². The summed E-state index contributed by atoms with van der Waals surface area (Å²) >= 11 is 0. The second kappa shape index (κ2) is 6.70. The number of benzene rings is 1. The van der Waals surface area contributed by atoms with Crippen LogP contribution in [0.1, 0.15) is 62.9 Å². The van der Waals surface area contributed by atoms with Crippen LogP contribution in [0.5, 0.6) is 11.5 Å². The van der Waals surface area contributed by atoms with Crippen molar-refractivity contribution in [3.63, 3.8) is 0 Å². The summed E-state index contributed by atoms with van der Waals surface area (Å²) < 4.78 is 125. The first-order valence-corrected chi connectivity index (χ1v) is 7.32. The van der Waals surface area contributed by atoms with Crippen LogP contribution in [0.25, 0.3) is 0 Å². The number of methoxy groups -OCH3 is 2. The number of aliphatic hydroxyl groups is 1. The molecule has 4 heteroatoms. The Morgan fingerprint density at radius 1 is 1.61 bits per heavy atom. The minimum absolute atomic E-state index is 0.0864. The van der Waals surface area contributed by atoms with Crippen LogP contribution >= 0.6 is 0 Å². The molecule has 0 saturated carbocycles. The van der Waals surface area contributed by atoms with Gasteiger partial charge >= 0.3 is 0 Å². The number of aliphatic hydroxyl groups excluding tert-OH is 1. The number of hydrogen-bond donors (Lipinski definition) is 1. The minimum Gasteiger partial charge on any atom is -0.493 e. The quantitative estimate of drug-likeness (QED) is 0.920. The molecule has 23 heavy (non-hydrogen) atoms. The average Bonchev–Trinajstić information content (AvgIpc) is 2.68. The highest BCUT2D eigenvalue weighted by atomic mass is 16.5. The largest absolute Gasteiger partial charge is 0.493 e. The Bertz CT molecular complexity index is 1070. The summed E-state index contributed by atoms with van der Waals surface area (Å²) in [5, 5.41) is 11.1. The lowest BCUT2D eigenvalue weighted by molar-refractivity contribution is -0.0191. The van der Waals surface area contributed by atoms with Crippen LogP contribution in [0.4, 0.5) is 0 Å². The number of fused-ring (bicyclic) bond motifs is 3. The highest BCUT2D eigenvalue weighted by Crippen LogP contribution is 2.43. The van der Waals surface area contributed by atoms with Crippen molar-refractivity contribution >= 4 is 0 Å². The molecule has 0 aromatic heterocycles. The van der Waals surface area contributed by atoms with Gasteiger partial charge in [0.1, 0.15) is 0 Å². The van der Waals surface area contributed by atoms with Crippen molar-refractivity contribution in [3.05, 3.63) is 23.2 Å². The third-order valence-corrected chi connectivity index (χ3v) is 3.97. The third-order valence-electron chi connectivity index (χ3n) is 3.97. The zero-order chi connectivity index (χ0) is 28.7. The van der Waals surface area contributed by atoms with E-state index in [0.717, 1.165) is 18.9 Å². The van der Waals surface area contributed by atoms with Gasteiger partial charge < -0.3 is 14.6 Å². The SMILES string of the molecule is [2H]c1c2c(c([2H])c(OC([2H])([2H])[2H])c1OC)C1([2H])CC(O)C(C([2H])([2H])C([2H])(C)C([2H])([2H])[2H])C([2H])([2H])N1CC2. The normalized spacial score (nSPS) is 46.0. The molecule has 4 atom stereocenters. The zero-order valence-electron chi connectivity index (χ0n) is 27.0. The van der Waals surface area contributed by atoms with E-state index in [2.05, 4.69) is 0 Å². The number of nitrogens with zero attached hydrogens (tertiary/aromatic N) is 1. The summed E-state index contributed by atoms with van der Waals surface area (Å²) in [5.74, 6) is -5.93. The van der Waals surface area contributed by atoms with Gasteiger partial charge in [-0.2, -0.15) is 0 Å². The molecule has 0 aliphatic carbocycles. The maximum atomic E-state index is 11.1. The molecule has 2 aliphatic rings. The third kappa shape index (κ3) is 3.20. The van der Waals surface area contributed by atoms with E-state index in [4.69, 9.17) is 27.3 Å². The molecule has 0 amide bonds. The van der Waals surface area contributed by atoms with E-state index in [1.807, 2.05) is 0 Å². The fourth-order valence-corrected chi connectivity index (χ4v) is 2.93. The predicted octanol–water partition coefficient (Wildman–Crippen LogP) is 3.03. The highest BCUT2D eigenvalue weighted by Gasteiger charge is 2.38. The maximum Gasteiger partial charge on any atom is 0.161 e. The predicted molar refractivity (Wildman–Crippen MR) is 91.1 cm³/mol. The van der Waals surface area contributed by atoms with Crippen LogP contribution < -0.4 is 9.47 Å². The summed E-state index contributed by atoms with van der Waals surface area (Å²) in [6.07, 6.45) is -5.93. The van der Waals surface area contributed by atoms with Gasteiger partial charge in [0.2, 0.25) is 0 Å². The molecule has 0 bridgehead atoms. The molecule has 2 heterocycles. The molecule has 2 aliphatic heterocycles. The second-order valence-corrected chi connectivity index (χ2v) is 5.56. The second-order valence-electron chi connectivity index (χ2n) is 5.56. The molecule has 1 fully saturated rings. The van der Waals surface area contributed by atoms with Gasteiger partial charge in [-0.05, 0) is 54.2 Å². The van der Waals surface area contributed by atoms with E-state index >= 15 is 0 Å². The highest BCUT2D eigenvalue weighted by molar-refractivity contribution is 5.49. The molecule has 1 N–H and O–H groups in total. The summed E-state index contributed by atoms with van der Waals surface area (Å²) in [7, 11) is -1.90. The summed E-state index contributed by atoms with van der Waals surface area (Å²) in [5.41, 5.74) is -0.210. The van der Waals surface area contributed by atoms with Crippen molar-refractivity contribution in [2.24, 2.45) is 11.8 Å². The van der Waals surface area contributed by atoms with Crippen molar-refractivity contribution in [3.8, 4) is 11.5 Å². The van der Waals surface area contributed by atoms with Crippen molar-refractivity contribution in [1.82, 2.24) is 4.90 Å². The molecular weight excluding hydrogens is 290 g/mol.